The number of fused-ring (bicyclic) bond motifs is 2. The van der Waals surface area contributed by atoms with E-state index in [2.05, 4.69) is 57.0 Å². The van der Waals surface area contributed by atoms with Crippen LogP contribution >= 0.6 is 0 Å². The van der Waals surface area contributed by atoms with Crippen molar-refractivity contribution in [1.29, 1.82) is 0 Å². The van der Waals surface area contributed by atoms with E-state index in [9.17, 15) is 19.2 Å². The van der Waals surface area contributed by atoms with Crippen molar-refractivity contribution in [2.75, 3.05) is 48.3 Å². The Kier molecular flexibility index (Phi) is 9.36. The van der Waals surface area contributed by atoms with Crippen LogP contribution in [0.15, 0.2) is 53.4 Å². The maximum absolute atomic E-state index is 13.1. The van der Waals surface area contributed by atoms with Crippen LogP contribution in [-0.2, 0) is 22.6 Å². The van der Waals surface area contributed by atoms with Gasteiger partial charge in [0.05, 0.1) is 35.7 Å². The van der Waals surface area contributed by atoms with Crippen LogP contribution in [0.1, 0.15) is 77.5 Å². The highest BCUT2D eigenvalue weighted by atomic mass is 16.5. The van der Waals surface area contributed by atoms with E-state index in [0.717, 1.165) is 86.6 Å². The van der Waals surface area contributed by atoms with Gasteiger partial charge in [-0.1, -0.05) is 5.16 Å². The van der Waals surface area contributed by atoms with Gasteiger partial charge in [0.1, 0.15) is 11.7 Å². The Bertz CT molecular complexity index is 2340. The van der Waals surface area contributed by atoms with Gasteiger partial charge in [0.2, 0.25) is 23.5 Å². The molecule has 7 heterocycles. The van der Waals surface area contributed by atoms with Crippen LogP contribution in [-0.4, -0.2) is 102 Å². The first-order valence-corrected chi connectivity index (χ1v) is 19.2. The molecule has 1 atom stereocenters. The third-order valence-electron chi connectivity index (χ3n) is 11.0. The monoisotopic (exact) mass is 758 g/mol. The average molecular weight is 759 g/mol. The molecule has 3 fully saturated rings. The van der Waals surface area contributed by atoms with Crippen LogP contribution in [0.5, 0.6) is 0 Å². The van der Waals surface area contributed by atoms with Gasteiger partial charge in [-0.2, -0.15) is 10.1 Å². The van der Waals surface area contributed by atoms with Crippen molar-refractivity contribution >= 4 is 46.5 Å². The maximum Gasteiger partial charge on any atom is 0.323 e. The fraction of sp³-hybridized carbons (Fsp3) is 0.410. The molecule has 3 aliphatic heterocycles. The van der Waals surface area contributed by atoms with E-state index in [1.165, 1.54) is 0 Å². The van der Waals surface area contributed by atoms with E-state index in [0.29, 0.717) is 59.7 Å². The molecule has 3 N–H and O–H groups in total. The average Bonchev–Trinajstić information content (AvgIpc) is 3.56. The van der Waals surface area contributed by atoms with E-state index in [1.807, 2.05) is 31.2 Å². The van der Waals surface area contributed by atoms with Crippen LogP contribution in [0.3, 0.4) is 0 Å². The number of nitrogens with one attached hydrogen (secondary N) is 3. The summed E-state index contributed by atoms with van der Waals surface area (Å²) in [5, 5.41) is 16.7. The van der Waals surface area contributed by atoms with Gasteiger partial charge in [-0.15, -0.1) is 0 Å². The van der Waals surface area contributed by atoms with Crippen molar-refractivity contribution in [3.63, 3.8) is 0 Å². The van der Waals surface area contributed by atoms with Crippen LogP contribution in [0.25, 0.3) is 17.2 Å². The molecule has 0 bridgehead atoms. The van der Waals surface area contributed by atoms with E-state index in [4.69, 9.17) is 4.52 Å². The molecule has 1 unspecified atom stereocenters. The quantitative estimate of drug-likeness (QED) is 0.130. The molecular weight excluding hydrogens is 717 g/mol. The Hall–Kier alpha value is -6.23. The molecule has 2 saturated heterocycles. The summed E-state index contributed by atoms with van der Waals surface area (Å²) in [4.78, 5) is 70.0. The van der Waals surface area contributed by atoms with Crippen molar-refractivity contribution < 1.29 is 23.7 Å². The fourth-order valence-corrected chi connectivity index (χ4v) is 7.95. The molecule has 17 nitrogen and oxygen atoms in total. The van der Waals surface area contributed by atoms with Gasteiger partial charge >= 0.3 is 6.03 Å². The first-order chi connectivity index (χ1) is 27.3. The number of nitrogens with zero attached hydrogens (tertiary/aromatic N) is 9. The largest absolute Gasteiger partial charge is 0.369 e. The molecule has 5 amide bonds. The summed E-state index contributed by atoms with van der Waals surface area (Å²) in [6, 6.07) is 8.61. The lowest BCUT2D eigenvalue weighted by atomic mass is 10.0. The van der Waals surface area contributed by atoms with Gasteiger partial charge in [0, 0.05) is 68.8 Å². The summed E-state index contributed by atoms with van der Waals surface area (Å²) >= 11 is 0. The Morgan fingerprint density at radius 2 is 1.84 bits per heavy atom. The highest BCUT2D eigenvalue weighted by Gasteiger charge is 2.39. The van der Waals surface area contributed by atoms with Crippen LogP contribution in [0.2, 0.25) is 0 Å². The van der Waals surface area contributed by atoms with Gasteiger partial charge in [-0.05, 0) is 81.0 Å². The second-order valence-corrected chi connectivity index (χ2v) is 14.9. The summed E-state index contributed by atoms with van der Waals surface area (Å²) in [5.74, 6) is 0.495. The molecule has 4 aliphatic rings. The highest BCUT2D eigenvalue weighted by molar-refractivity contribution is 6.05. The van der Waals surface area contributed by atoms with E-state index in [-0.39, 0.29) is 18.2 Å². The molecule has 0 spiro atoms. The summed E-state index contributed by atoms with van der Waals surface area (Å²) in [7, 11) is 0. The molecule has 288 valence electrons. The molecular formula is C39H42N12O5. The number of piperazine rings is 1. The summed E-state index contributed by atoms with van der Waals surface area (Å²) < 4.78 is 7.36. The van der Waals surface area contributed by atoms with Gasteiger partial charge in [-0.25, -0.2) is 14.3 Å². The number of carbonyl (C=O) groups excluding carboxylic acids is 4. The first-order valence-electron chi connectivity index (χ1n) is 19.2. The third kappa shape index (κ3) is 7.16. The molecule has 1 aromatic carbocycles. The van der Waals surface area contributed by atoms with Gasteiger partial charge < -0.3 is 25.0 Å². The van der Waals surface area contributed by atoms with Gasteiger partial charge in [0.25, 0.3) is 5.91 Å². The van der Waals surface area contributed by atoms with E-state index in [1.54, 1.807) is 28.0 Å². The topological polar surface area (TPSA) is 196 Å². The summed E-state index contributed by atoms with van der Waals surface area (Å²) in [6.07, 6.45) is 10.2. The Balaban J connectivity index is 0.721. The molecule has 56 heavy (non-hydrogen) atoms. The number of carbonyl (C=O) groups is 4. The van der Waals surface area contributed by atoms with Crippen LogP contribution < -0.4 is 20.9 Å². The Morgan fingerprint density at radius 3 is 2.64 bits per heavy atom. The number of hydrogen-bond acceptors (Lipinski definition) is 12. The molecule has 17 heteroatoms. The third-order valence-corrected chi connectivity index (χ3v) is 11.0. The molecule has 0 radical (unpaired) electrons. The standard InChI is InChI=1S/C39H42N12O5/c1-23-18-26(43-39(55)44-29-21-40-31-11-12-42-51(31)35(29)24-5-6-24)20-41-34(23)36-46-33(56-47-36)4-2-3-13-48-14-16-49(17-15-48)27-7-8-28-25(19-27)22-50(38(28)54)30-9-10-32(52)45-37(30)53/h7-8,11-12,18-21,24,30H,2-6,9-10,13-17,22H2,1H3,(H2,43,44,55)(H,45,52,53). The molecule has 4 aromatic heterocycles. The molecule has 1 saturated carbocycles. The van der Waals surface area contributed by atoms with Crippen LogP contribution in [0, 0.1) is 6.92 Å². The number of hydrogen-bond donors (Lipinski definition) is 3. The fourth-order valence-electron chi connectivity index (χ4n) is 7.95. The number of imide groups is 1. The SMILES string of the molecule is Cc1cc(NC(=O)Nc2cnc3ccnn3c2C2CC2)cnc1-c1noc(CCCCN2CCN(c3ccc4c(c3)CN(C3CCC(=O)NC3=O)C4=O)CC2)n1. The minimum Gasteiger partial charge on any atom is -0.369 e. The number of piperidine rings is 1. The van der Waals surface area contributed by atoms with E-state index < -0.39 is 18.0 Å². The van der Waals surface area contributed by atoms with Crippen molar-refractivity contribution in [3.05, 3.63) is 77.2 Å². The number of anilines is 3. The number of unbranched alkanes of at least 4 members (excludes halogenated alkanes) is 1. The van der Waals surface area contributed by atoms with Gasteiger partial charge in [-0.3, -0.25) is 29.6 Å². The van der Waals surface area contributed by atoms with Crippen molar-refractivity contribution in [2.24, 2.45) is 0 Å². The van der Waals surface area contributed by atoms with Crippen molar-refractivity contribution in [2.45, 2.75) is 70.4 Å². The normalized spacial score (nSPS) is 18.7. The van der Waals surface area contributed by atoms with E-state index >= 15 is 0 Å². The second kappa shape index (κ2) is 14.8. The number of urea groups is 1. The molecule has 5 aromatic rings. The predicted octanol–water partition coefficient (Wildman–Crippen LogP) is 3.91. The number of rotatable bonds is 11. The number of benzene rings is 1. The molecule has 1 aliphatic carbocycles. The maximum atomic E-state index is 13.1. The van der Waals surface area contributed by atoms with Crippen molar-refractivity contribution in [1.82, 2.24) is 44.8 Å². The van der Waals surface area contributed by atoms with Crippen molar-refractivity contribution in [3.8, 4) is 11.5 Å². The lowest BCUT2D eigenvalue weighted by Gasteiger charge is -2.36. The minimum atomic E-state index is -0.610. The zero-order chi connectivity index (χ0) is 38.3. The first kappa shape index (κ1) is 35.5. The number of aromatic nitrogens is 6. The van der Waals surface area contributed by atoms with Gasteiger partial charge in [0.15, 0.2) is 5.65 Å². The predicted molar refractivity (Wildman–Crippen MR) is 204 cm³/mol. The number of amides is 5. The van der Waals surface area contributed by atoms with Crippen LogP contribution in [0.4, 0.5) is 21.9 Å². The number of pyridine rings is 1. The number of aryl methyl sites for hydroxylation is 2. The lowest BCUT2D eigenvalue weighted by Crippen LogP contribution is -2.52. The Morgan fingerprint density at radius 1 is 0.982 bits per heavy atom. The minimum absolute atomic E-state index is 0.152. The zero-order valence-corrected chi connectivity index (χ0v) is 31.0. The second-order valence-electron chi connectivity index (χ2n) is 14.9. The summed E-state index contributed by atoms with van der Waals surface area (Å²) in [6.45, 7) is 6.85. The lowest BCUT2D eigenvalue weighted by molar-refractivity contribution is -0.136. The zero-order valence-electron chi connectivity index (χ0n) is 31.0. The highest BCUT2D eigenvalue weighted by Crippen LogP contribution is 2.43. The summed E-state index contributed by atoms with van der Waals surface area (Å²) in [5.41, 5.74) is 6.91. The Labute approximate surface area is 321 Å². The molecule has 9 rings (SSSR count). The smallest absolute Gasteiger partial charge is 0.323 e.